The molecule has 1 N–H and O–H groups in total. The fraction of sp³-hybridized carbons (Fsp3) is 0.300. The van der Waals surface area contributed by atoms with E-state index in [2.05, 4.69) is 5.32 Å². The van der Waals surface area contributed by atoms with Crippen LogP contribution in [-0.2, 0) is 4.79 Å². The van der Waals surface area contributed by atoms with Gasteiger partial charge in [-0.15, -0.1) is 11.6 Å². The van der Waals surface area contributed by atoms with Gasteiger partial charge in [0.2, 0.25) is 5.91 Å². The van der Waals surface area contributed by atoms with Gasteiger partial charge < -0.3 is 5.32 Å². The molecule has 0 saturated carbocycles. The highest BCUT2D eigenvalue weighted by Gasteiger charge is 2.14. The average Bonchev–Trinajstić information content (AvgIpc) is 2.27. The number of carbonyl (C=O) groups is 1. The van der Waals surface area contributed by atoms with Gasteiger partial charge in [0, 0.05) is 12.3 Å². The number of carbonyl (C=O) groups excluding carboxylic acids is 1. The molecule has 0 aliphatic rings. The molecular weight excluding hydrogens is 243 g/mol. The third-order valence-corrected chi connectivity index (χ3v) is 2.11. The molecule has 88 valence electrons. The van der Waals surface area contributed by atoms with E-state index in [0.717, 1.165) is 12.1 Å². The zero-order valence-corrected chi connectivity index (χ0v) is 8.95. The van der Waals surface area contributed by atoms with E-state index in [-0.39, 0.29) is 12.1 Å². The summed E-state index contributed by atoms with van der Waals surface area (Å²) >= 11 is 5.36. The van der Waals surface area contributed by atoms with Gasteiger partial charge in [0.05, 0.1) is 5.69 Å². The molecule has 1 amide bonds. The predicted molar refractivity (Wildman–Crippen MR) is 54.9 cm³/mol. The lowest BCUT2D eigenvalue weighted by molar-refractivity contribution is -0.116. The van der Waals surface area contributed by atoms with E-state index >= 15 is 0 Å². The van der Waals surface area contributed by atoms with Crippen molar-refractivity contribution in [1.82, 2.24) is 0 Å². The first kappa shape index (κ1) is 12.8. The smallest absolute Gasteiger partial charge is 0.224 e. The van der Waals surface area contributed by atoms with Crippen LogP contribution in [0.1, 0.15) is 12.8 Å². The zero-order chi connectivity index (χ0) is 12.1. The first-order valence-corrected chi connectivity index (χ1v) is 5.09. The van der Waals surface area contributed by atoms with Gasteiger partial charge in [0.25, 0.3) is 0 Å². The third-order valence-electron chi connectivity index (χ3n) is 1.85. The van der Waals surface area contributed by atoms with E-state index < -0.39 is 23.4 Å². The number of halogens is 4. The molecule has 0 radical (unpaired) electrons. The van der Waals surface area contributed by atoms with E-state index in [4.69, 9.17) is 11.6 Å². The Bertz CT molecular complexity index is 398. The highest BCUT2D eigenvalue weighted by Crippen LogP contribution is 2.19. The molecule has 0 aromatic heterocycles. The van der Waals surface area contributed by atoms with Gasteiger partial charge in [-0.1, -0.05) is 0 Å². The van der Waals surface area contributed by atoms with Crippen molar-refractivity contribution in [3.8, 4) is 0 Å². The first-order chi connectivity index (χ1) is 7.56. The Morgan fingerprint density at radius 2 is 1.94 bits per heavy atom. The van der Waals surface area contributed by atoms with E-state index in [1.165, 1.54) is 0 Å². The van der Waals surface area contributed by atoms with Crippen LogP contribution in [0.4, 0.5) is 18.9 Å². The van der Waals surface area contributed by atoms with Crippen LogP contribution in [0.5, 0.6) is 0 Å². The second-order valence-corrected chi connectivity index (χ2v) is 3.44. The largest absolute Gasteiger partial charge is 0.324 e. The summed E-state index contributed by atoms with van der Waals surface area (Å²) in [6, 6.07) is 1.71. The summed E-state index contributed by atoms with van der Waals surface area (Å²) in [5.74, 6) is -4.50. The van der Waals surface area contributed by atoms with E-state index in [1.54, 1.807) is 0 Å². The Morgan fingerprint density at radius 1 is 1.25 bits per heavy atom. The molecule has 0 aliphatic carbocycles. The SMILES string of the molecule is O=C(CCCCl)Nc1ccc(F)c(F)c1F. The lowest BCUT2D eigenvalue weighted by atomic mass is 10.2. The first-order valence-electron chi connectivity index (χ1n) is 4.55. The third kappa shape index (κ3) is 3.13. The maximum Gasteiger partial charge on any atom is 0.224 e. The lowest BCUT2D eigenvalue weighted by Crippen LogP contribution is -2.13. The fourth-order valence-corrected chi connectivity index (χ4v) is 1.20. The van der Waals surface area contributed by atoms with Gasteiger partial charge >= 0.3 is 0 Å². The highest BCUT2D eigenvalue weighted by molar-refractivity contribution is 6.18. The maximum atomic E-state index is 13.1. The average molecular weight is 252 g/mol. The highest BCUT2D eigenvalue weighted by atomic mass is 35.5. The normalized spacial score (nSPS) is 10.2. The minimum Gasteiger partial charge on any atom is -0.324 e. The van der Waals surface area contributed by atoms with Crippen LogP contribution in [0.15, 0.2) is 12.1 Å². The molecule has 0 heterocycles. The van der Waals surface area contributed by atoms with Crippen molar-refractivity contribution in [2.75, 3.05) is 11.2 Å². The van der Waals surface area contributed by atoms with Crippen LogP contribution >= 0.6 is 11.6 Å². The van der Waals surface area contributed by atoms with Crippen molar-refractivity contribution in [3.63, 3.8) is 0 Å². The topological polar surface area (TPSA) is 29.1 Å². The molecular formula is C10H9ClF3NO. The monoisotopic (exact) mass is 251 g/mol. The molecule has 0 unspecified atom stereocenters. The molecule has 1 rings (SSSR count). The summed E-state index contributed by atoms with van der Waals surface area (Å²) in [5.41, 5.74) is -0.376. The molecule has 0 spiro atoms. The summed E-state index contributed by atoms with van der Waals surface area (Å²) in [5, 5.41) is 2.13. The van der Waals surface area contributed by atoms with Gasteiger partial charge in [-0.25, -0.2) is 13.2 Å². The number of hydrogen-bond acceptors (Lipinski definition) is 1. The molecule has 6 heteroatoms. The van der Waals surface area contributed by atoms with Crippen LogP contribution in [0.3, 0.4) is 0 Å². The minimum absolute atomic E-state index is 0.0991. The Kier molecular flexibility index (Phi) is 4.61. The second kappa shape index (κ2) is 5.75. The van der Waals surface area contributed by atoms with Crippen molar-refractivity contribution in [1.29, 1.82) is 0 Å². The number of alkyl halides is 1. The Balaban J connectivity index is 2.74. The summed E-state index contributed by atoms with van der Waals surface area (Å²) in [7, 11) is 0. The van der Waals surface area contributed by atoms with Crippen LogP contribution in [0.2, 0.25) is 0 Å². The summed E-state index contributed by atoms with van der Waals surface area (Å²) in [6.45, 7) is 0. The number of hydrogen-bond donors (Lipinski definition) is 1. The van der Waals surface area contributed by atoms with Crippen molar-refractivity contribution in [2.45, 2.75) is 12.8 Å². The van der Waals surface area contributed by atoms with E-state index in [1.807, 2.05) is 0 Å². The van der Waals surface area contributed by atoms with Gasteiger partial charge in [-0.3, -0.25) is 4.79 Å². The number of rotatable bonds is 4. The fourth-order valence-electron chi connectivity index (χ4n) is 1.06. The lowest BCUT2D eigenvalue weighted by Gasteiger charge is -2.06. The molecule has 0 bridgehead atoms. The molecule has 0 atom stereocenters. The zero-order valence-electron chi connectivity index (χ0n) is 8.20. The Labute approximate surface area is 95.4 Å². The Morgan fingerprint density at radius 3 is 2.56 bits per heavy atom. The molecule has 1 aromatic carbocycles. The molecule has 16 heavy (non-hydrogen) atoms. The second-order valence-electron chi connectivity index (χ2n) is 3.06. The summed E-state index contributed by atoms with van der Waals surface area (Å²) in [6.07, 6.45) is 0.528. The molecule has 0 saturated heterocycles. The molecule has 0 fully saturated rings. The number of anilines is 1. The van der Waals surface area contributed by atoms with Crippen LogP contribution in [0, 0.1) is 17.5 Å². The van der Waals surface area contributed by atoms with Crippen molar-refractivity contribution in [2.24, 2.45) is 0 Å². The number of amides is 1. The van der Waals surface area contributed by atoms with Crippen molar-refractivity contribution >= 4 is 23.2 Å². The number of benzene rings is 1. The maximum absolute atomic E-state index is 13.1. The standard InChI is InChI=1S/C10H9ClF3NO/c11-5-1-2-8(16)15-7-4-3-6(12)9(13)10(7)14/h3-4H,1-2,5H2,(H,15,16). The van der Waals surface area contributed by atoms with Gasteiger partial charge in [0.15, 0.2) is 17.5 Å². The van der Waals surface area contributed by atoms with Gasteiger partial charge in [-0.2, -0.15) is 0 Å². The van der Waals surface area contributed by atoms with E-state index in [0.29, 0.717) is 12.3 Å². The quantitative estimate of drug-likeness (QED) is 0.647. The van der Waals surface area contributed by atoms with Crippen LogP contribution in [0.25, 0.3) is 0 Å². The Hall–Kier alpha value is -1.23. The molecule has 2 nitrogen and oxygen atoms in total. The summed E-state index contributed by atoms with van der Waals surface area (Å²) < 4.78 is 38.4. The predicted octanol–water partition coefficient (Wildman–Crippen LogP) is 3.06. The van der Waals surface area contributed by atoms with Crippen LogP contribution in [-0.4, -0.2) is 11.8 Å². The van der Waals surface area contributed by atoms with Crippen LogP contribution < -0.4 is 5.32 Å². The minimum atomic E-state index is -1.60. The van der Waals surface area contributed by atoms with Crippen molar-refractivity contribution < 1.29 is 18.0 Å². The summed E-state index contributed by atoms with van der Waals surface area (Å²) in [4.78, 5) is 11.2. The number of nitrogens with one attached hydrogen (secondary N) is 1. The molecule has 0 aliphatic heterocycles. The van der Waals surface area contributed by atoms with Gasteiger partial charge in [0.1, 0.15) is 0 Å². The van der Waals surface area contributed by atoms with Crippen molar-refractivity contribution in [3.05, 3.63) is 29.6 Å². The van der Waals surface area contributed by atoms with Gasteiger partial charge in [-0.05, 0) is 18.6 Å². The van der Waals surface area contributed by atoms with E-state index in [9.17, 15) is 18.0 Å². The molecule has 1 aromatic rings.